The van der Waals surface area contributed by atoms with Gasteiger partial charge in [0, 0.05) is 13.1 Å². The second-order valence-corrected chi connectivity index (χ2v) is 10.7. The summed E-state index contributed by atoms with van der Waals surface area (Å²) in [5.74, 6) is -1.38. The number of carboxylic acid groups (broad SMARTS) is 1. The van der Waals surface area contributed by atoms with Gasteiger partial charge in [-0.2, -0.15) is 4.31 Å². The summed E-state index contributed by atoms with van der Waals surface area (Å²) in [6.45, 7) is 0.745. The quantitative estimate of drug-likeness (QED) is 0.656. The zero-order valence-electron chi connectivity index (χ0n) is 14.8. The minimum absolute atomic E-state index is 0.0282. The van der Waals surface area contributed by atoms with Crippen molar-refractivity contribution in [3.8, 4) is 0 Å². The van der Waals surface area contributed by atoms with Crippen molar-refractivity contribution in [2.45, 2.75) is 22.6 Å². The molecule has 1 saturated heterocycles. The lowest BCUT2D eigenvalue weighted by atomic mass is 10.2. The average molecular weight is 479 g/mol. The third-order valence-corrected chi connectivity index (χ3v) is 8.43. The zero-order chi connectivity index (χ0) is 21.4. The van der Waals surface area contributed by atoms with Crippen LogP contribution in [0.15, 0.2) is 46.2 Å². The molecule has 2 aromatic rings. The largest absolute Gasteiger partial charge is 0.478 e. The van der Waals surface area contributed by atoms with Crippen molar-refractivity contribution in [2.75, 3.05) is 17.8 Å². The molecule has 0 atom stereocenters. The van der Waals surface area contributed by atoms with Crippen LogP contribution in [0.5, 0.6) is 0 Å². The average Bonchev–Trinajstić information content (AvgIpc) is 3.18. The number of carbonyl (C=O) groups is 1. The number of hydrogen-bond acceptors (Lipinski definition) is 5. The third kappa shape index (κ3) is 4.51. The number of halogens is 2. The molecule has 1 aliphatic heterocycles. The number of benzene rings is 2. The monoisotopic (exact) mass is 478 g/mol. The fourth-order valence-corrected chi connectivity index (χ4v) is 6.17. The number of nitrogens with one attached hydrogen (secondary N) is 1. The number of nitrogens with zero attached hydrogens (tertiary/aromatic N) is 1. The van der Waals surface area contributed by atoms with E-state index in [1.165, 1.54) is 16.4 Å². The van der Waals surface area contributed by atoms with Crippen molar-refractivity contribution in [3.05, 3.63) is 52.0 Å². The molecule has 2 N–H and O–H groups in total. The Morgan fingerprint density at radius 1 is 0.966 bits per heavy atom. The highest BCUT2D eigenvalue weighted by atomic mass is 35.5. The van der Waals surface area contributed by atoms with Gasteiger partial charge in [0.15, 0.2) is 0 Å². The lowest BCUT2D eigenvalue weighted by molar-refractivity contribution is 0.0697. The molecular formula is C17H16Cl2N2O6S2. The molecule has 0 saturated carbocycles. The SMILES string of the molecule is O=C(O)c1cc(S(=O)(=O)Nc2ccc(Cl)c(S(=O)(=O)N3CCCC3)c2)ccc1Cl. The molecule has 3 rings (SSSR count). The van der Waals surface area contributed by atoms with E-state index in [9.17, 15) is 21.6 Å². The Labute approximate surface area is 178 Å². The minimum Gasteiger partial charge on any atom is -0.478 e. The maximum Gasteiger partial charge on any atom is 0.337 e. The summed E-state index contributed by atoms with van der Waals surface area (Å²) in [6, 6.07) is 6.97. The van der Waals surface area contributed by atoms with Crippen LogP contribution < -0.4 is 4.72 Å². The van der Waals surface area contributed by atoms with Crippen molar-refractivity contribution in [2.24, 2.45) is 0 Å². The zero-order valence-corrected chi connectivity index (χ0v) is 17.9. The Kier molecular flexibility index (Phi) is 6.11. The van der Waals surface area contributed by atoms with Crippen LogP contribution >= 0.6 is 23.2 Å². The highest BCUT2D eigenvalue weighted by Crippen LogP contribution is 2.31. The van der Waals surface area contributed by atoms with Crippen LogP contribution in [-0.2, 0) is 20.0 Å². The van der Waals surface area contributed by atoms with E-state index in [2.05, 4.69) is 4.72 Å². The summed E-state index contributed by atoms with van der Waals surface area (Å²) < 4.78 is 54.4. The standard InChI is InChI=1S/C17H16Cl2N2O6S2/c18-14-6-4-12(10-13(14)17(22)23)28(24,25)20-11-3-5-15(19)16(9-11)29(26,27)21-7-1-2-8-21/h3-6,9-10,20H,1-2,7-8H2,(H,22,23). The van der Waals surface area contributed by atoms with Gasteiger partial charge in [-0.15, -0.1) is 0 Å². The normalized spacial score (nSPS) is 15.4. The van der Waals surface area contributed by atoms with Gasteiger partial charge in [-0.3, -0.25) is 4.72 Å². The van der Waals surface area contributed by atoms with Crippen LogP contribution in [0.1, 0.15) is 23.2 Å². The van der Waals surface area contributed by atoms with Gasteiger partial charge in [0.05, 0.1) is 26.2 Å². The lowest BCUT2D eigenvalue weighted by Crippen LogP contribution is -2.28. The Balaban J connectivity index is 1.96. The molecule has 1 aliphatic rings. The van der Waals surface area contributed by atoms with Gasteiger partial charge in [0.25, 0.3) is 10.0 Å². The minimum atomic E-state index is -4.20. The van der Waals surface area contributed by atoms with Gasteiger partial charge in [-0.1, -0.05) is 23.2 Å². The van der Waals surface area contributed by atoms with E-state index >= 15 is 0 Å². The van der Waals surface area contributed by atoms with Crippen LogP contribution in [-0.4, -0.2) is 45.3 Å². The molecular weight excluding hydrogens is 463 g/mol. The first kappa shape index (κ1) is 21.8. The molecule has 156 valence electrons. The van der Waals surface area contributed by atoms with Crippen molar-refractivity contribution in [3.63, 3.8) is 0 Å². The molecule has 2 aromatic carbocycles. The number of aromatic carboxylic acids is 1. The number of hydrogen-bond donors (Lipinski definition) is 2. The topological polar surface area (TPSA) is 121 Å². The molecule has 29 heavy (non-hydrogen) atoms. The van der Waals surface area contributed by atoms with Crippen LogP contribution in [0, 0.1) is 0 Å². The van der Waals surface area contributed by atoms with Crippen molar-refractivity contribution in [1.82, 2.24) is 4.31 Å². The molecule has 8 nitrogen and oxygen atoms in total. The first-order valence-electron chi connectivity index (χ1n) is 8.38. The lowest BCUT2D eigenvalue weighted by Gasteiger charge is -2.17. The molecule has 0 aromatic heterocycles. The van der Waals surface area contributed by atoms with Gasteiger partial charge < -0.3 is 5.11 Å². The fraction of sp³-hybridized carbons (Fsp3) is 0.235. The second kappa shape index (κ2) is 8.11. The Bertz CT molecular complexity index is 1180. The van der Waals surface area contributed by atoms with E-state index in [4.69, 9.17) is 28.3 Å². The van der Waals surface area contributed by atoms with Gasteiger partial charge in [-0.05, 0) is 49.2 Å². The highest BCUT2D eigenvalue weighted by Gasteiger charge is 2.29. The van der Waals surface area contributed by atoms with Crippen LogP contribution in [0.4, 0.5) is 5.69 Å². The van der Waals surface area contributed by atoms with E-state index in [1.54, 1.807) is 0 Å². The predicted molar refractivity (Wildman–Crippen MR) is 109 cm³/mol. The molecule has 0 spiro atoms. The second-order valence-electron chi connectivity index (χ2n) is 6.31. The number of rotatable bonds is 6. The molecule has 1 heterocycles. The Morgan fingerprint density at radius 2 is 1.59 bits per heavy atom. The maximum atomic E-state index is 12.8. The van der Waals surface area contributed by atoms with Crippen LogP contribution in [0.2, 0.25) is 10.0 Å². The van der Waals surface area contributed by atoms with Crippen LogP contribution in [0.25, 0.3) is 0 Å². The number of sulfonamides is 2. The molecule has 0 radical (unpaired) electrons. The van der Waals surface area contributed by atoms with E-state index in [0.717, 1.165) is 37.1 Å². The number of anilines is 1. The van der Waals surface area contributed by atoms with Gasteiger partial charge in [0.2, 0.25) is 10.0 Å². The molecule has 0 unspecified atom stereocenters. The van der Waals surface area contributed by atoms with Crippen molar-refractivity contribution < 1.29 is 26.7 Å². The van der Waals surface area contributed by atoms with Crippen molar-refractivity contribution in [1.29, 1.82) is 0 Å². The number of carboxylic acids is 1. The van der Waals surface area contributed by atoms with Gasteiger partial charge in [0.1, 0.15) is 4.90 Å². The summed E-state index contributed by atoms with van der Waals surface area (Å²) >= 11 is 11.8. The Morgan fingerprint density at radius 3 is 2.21 bits per heavy atom. The molecule has 0 bridgehead atoms. The van der Waals surface area contributed by atoms with Gasteiger partial charge >= 0.3 is 5.97 Å². The molecule has 0 aliphatic carbocycles. The Hall–Kier alpha value is -1.85. The molecule has 12 heteroatoms. The van der Waals surface area contributed by atoms with Crippen molar-refractivity contribution >= 4 is 54.9 Å². The molecule has 1 fully saturated rings. The van der Waals surface area contributed by atoms with Crippen LogP contribution in [0.3, 0.4) is 0 Å². The van der Waals surface area contributed by atoms with E-state index in [1.807, 2.05) is 0 Å². The summed E-state index contributed by atoms with van der Waals surface area (Å²) in [5.41, 5.74) is -0.401. The molecule has 0 amide bonds. The van der Waals surface area contributed by atoms with E-state index in [-0.39, 0.29) is 31.1 Å². The van der Waals surface area contributed by atoms with Gasteiger partial charge in [-0.25, -0.2) is 21.6 Å². The predicted octanol–water partition coefficient (Wildman–Crippen LogP) is 3.28. The fourth-order valence-electron chi connectivity index (χ4n) is 2.88. The smallest absolute Gasteiger partial charge is 0.337 e. The first-order valence-corrected chi connectivity index (χ1v) is 12.1. The van der Waals surface area contributed by atoms with E-state index in [0.29, 0.717) is 13.1 Å². The summed E-state index contributed by atoms with van der Waals surface area (Å²) in [7, 11) is -8.07. The highest BCUT2D eigenvalue weighted by molar-refractivity contribution is 7.92. The summed E-state index contributed by atoms with van der Waals surface area (Å²) in [5, 5.41) is 8.98. The van der Waals surface area contributed by atoms with E-state index < -0.39 is 26.0 Å². The third-order valence-electron chi connectivity index (χ3n) is 4.34. The summed E-state index contributed by atoms with van der Waals surface area (Å²) in [4.78, 5) is 10.7. The first-order chi connectivity index (χ1) is 13.5. The maximum absolute atomic E-state index is 12.8. The summed E-state index contributed by atoms with van der Waals surface area (Å²) in [6.07, 6.45) is 1.48.